The Kier molecular flexibility index (Phi) is 10.3. The maximum absolute atomic E-state index is 13.2. The zero-order chi connectivity index (χ0) is 24.2. The second-order valence-electron chi connectivity index (χ2n) is 8.35. The highest BCUT2D eigenvalue weighted by molar-refractivity contribution is 5.98. The van der Waals surface area contributed by atoms with Crippen LogP contribution in [0.25, 0.3) is 0 Å². The van der Waals surface area contributed by atoms with Crippen LogP contribution < -0.4 is 16.0 Å². The van der Waals surface area contributed by atoms with Crippen LogP contribution in [-0.2, 0) is 20.8 Å². The van der Waals surface area contributed by atoms with Gasteiger partial charge in [-0.05, 0) is 30.0 Å². The molecule has 0 radical (unpaired) electrons. The molecule has 0 bridgehead atoms. The van der Waals surface area contributed by atoms with E-state index >= 15 is 0 Å². The first-order valence-corrected chi connectivity index (χ1v) is 11.3. The zero-order valence-corrected chi connectivity index (χ0v) is 19.4. The van der Waals surface area contributed by atoms with Gasteiger partial charge in [0.15, 0.2) is 0 Å². The van der Waals surface area contributed by atoms with Crippen molar-refractivity contribution in [1.82, 2.24) is 16.0 Å². The Hall–Kier alpha value is -3.48. The molecule has 3 atom stereocenters. The number of benzene rings is 2. The molecule has 7 heteroatoms. The number of carbonyl (C=O) groups excluding carboxylic acids is 4. The molecule has 3 N–H and O–H groups in total. The summed E-state index contributed by atoms with van der Waals surface area (Å²) in [6.07, 6.45) is 2.04. The van der Waals surface area contributed by atoms with Crippen LogP contribution in [0.1, 0.15) is 49.5 Å². The van der Waals surface area contributed by atoms with Crippen molar-refractivity contribution in [3.63, 3.8) is 0 Å². The Morgan fingerprint density at radius 2 is 1.39 bits per heavy atom. The van der Waals surface area contributed by atoms with Crippen LogP contribution in [0.15, 0.2) is 60.7 Å². The minimum Gasteiger partial charge on any atom is -0.345 e. The van der Waals surface area contributed by atoms with Gasteiger partial charge in [0.1, 0.15) is 18.4 Å². The third-order valence-electron chi connectivity index (χ3n) is 5.32. The number of carbonyl (C=O) groups is 4. The molecule has 0 aliphatic carbocycles. The lowest BCUT2D eigenvalue weighted by Crippen LogP contribution is -2.56. The van der Waals surface area contributed by atoms with E-state index in [0.29, 0.717) is 24.7 Å². The van der Waals surface area contributed by atoms with Gasteiger partial charge in [-0.2, -0.15) is 0 Å². The summed E-state index contributed by atoms with van der Waals surface area (Å²) in [5, 5.41) is 8.28. The summed E-state index contributed by atoms with van der Waals surface area (Å²) in [7, 11) is 0. The van der Waals surface area contributed by atoms with Gasteiger partial charge in [0, 0.05) is 12.0 Å². The fourth-order valence-corrected chi connectivity index (χ4v) is 3.34. The summed E-state index contributed by atoms with van der Waals surface area (Å²) in [4.78, 5) is 50.1. The van der Waals surface area contributed by atoms with Crippen LogP contribution in [0, 0.1) is 5.92 Å². The lowest BCUT2D eigenvalue weighted by atomic mass is 10.0. The first-order valence-electron chi connectivity index (χ1n) is 11.3. The fraction of sp³-hybridized carbons (Fsp3) is 0.385. The predicted octanol–water partition coefficient (Wildman–Crippen LogP) is 2.65. The molecular formula is C26H33N3O4. The quantitative estimate of drug-likeness (QED) is 0.432. The topological polar surface area (TPSA) is 104 Å². The van der Waals surface area contributed by atoms with E-state index in [4.69, 9.17) is 0 Å². The van der Waals surface area contributed by atoms with Crippen molar-refractivity contribution in [1.29, 1.82) is 0 Å². The van der Waals surface area contributed by atoms with Gasteiger partial charge >= 0.3 is 0 Å². The molecule has 3 unspecified atom stereocenters. The lowest BCUT2D eigenvalue weighted by Gasteiger charge is -2.25. The minimum absolute atomic E-state index is 0.0691. The van der Waals surface area contributed by atoms with E-state index in [9.17, 15) is 19.2 Å². The average molecular weight is 452 g/mol. The Morgan fingerprint density at radius 1 is 0.818 bits per heavy atom. The highest BCUT2D eigenvalue weighted by Crippen LogP contribution is 2.08. The summed E-state index contributed by atoms with van der Waals surface area (Å²) in [5.41, 5.74) is 1.32. The molecule has 0 saturated heterocycles. The van der Waals surface area contributed by atoms with E-state index in [1.807, 2.05) is 57.2 Å². The second kappa shape index (κ2) is 13.2. The van der Waals surface area contributed by atoms with Crippen LogP contribution in [0.3, 0.4) is 0 Å². The summed E-state index contributed by atoms with van der Waals surface area (Å²) < 4.78 is 0. The molecule has 2 aromatic rings. The van der Waals surface area contributed by atoms with Crippen LogP contribution in [0.2, 0.25) is 0 Å². The Balaban J connectivity index is 2.18. The van der Waals surface area contributed by atoms with Crippen molar-refractivity contribution >= 4 is 24.0 Å². The molecule has 176 valence electrons. The molecule has 0 aromatic heterocycles. The van der Waals surface area contributed by atoms with Gasteiger partial charge in [-0.3, -0.25) is 14.4 Å². The molecule has 7 nitrogen and oxygen atoms in total. The van der Waals surface area contributed by atoms with Crippen molar-refractivity contribution in [2.24, 2.45) is 5.92 Å². The van der Waals surface area contributed by atoms with E-state index < -0.39 is 29.9 Å². The van der Waals surface area contributed by atoms with E-state index in [2.05, 4.69) is 16.0 Å². The Bertz CT molecular complexity index is 916. The number of amides is 3. The van der Waals surface area contributed by atoms with Crippen LogP contribution in [0.4, 0.5) is 0 Å². The number of rotatable bonds is 12. The predicted molar refractivity (Wildman–Crippen MR) is 128 cm³/mol. The maximum atomic E-state index is 13.2. The van der Waals surface area contributed by atoms with Crippen LogP contribution >= 0.6 is 0 Å². The first kappa shape index (κ1) is 25.8. The first-order chi connectivity index (χ1) is 15.8. The number of nitrogens with one attached hydrogen (secondary N) is 3. The summed E-state index contributed by atoms with van der Waals surface area (Å²) in [5.74, 6) is -1.31. The molecule has 0 aliphatic rings. The summed E-state index contributed by atoms with van der Waals surface area (Å²) >= 11 is 0. The van der Waals surface area contributed by atoms with Crippen molar-refractivity contribution in [3.05, 3.63) is 71.8 Å². The third kappa shape index (κ3) is 8.18. The monoisotopic (exact) mass is 451 g/mol. The van der Waals surface area contributed by atoms with Gasteiger partial charge in [-0.15, -0.1) is 0 Å². The van der Waals surface area contributed by atoms with E-state index in [1.165, 1.54) is 0 Å². The largest absolute Gasteiger partial charge is 0.345 e. The number of hydrogen-bond acceptors (Lipinski definition) is 4. The smallest absolute Gasteiger partial charge is 0.251 e. The van der Waals surface area contributed by atoms with E-state index in [0.717, 1.165) is 5.56 Å². The molecule has 0 spiro atoms. The normalized spacial score (nSPS) is 13.5. The van der Waals surface area contributed by atoms with Crippen molar-refractivity contribution in [3.8, 4) is 0 Å². The van der Waals surface area contributed by atoms with Crippen LogP contribution in [0.5, 0.6) is 0 Å². The number of hydrogen-bond donors (Lipinski definition) is 3. The Morgan fingerprint density at radius 3 is 1.94 bits per heavy atom. The average Bonchev–Trinajstić information content (AvgIpc) is 2.82. The highest BCUT2D eigenvalue weighted by Gasteiger charge is 2.28. The third-order valence-corrected chi connectivity index (χ3v) is 5.32. The Labute approximate surface area is 195 Å². The van der Waals surface area contributed by atoms with Crippen molar-refractivity contribution < 1.29 is 19.2 Å². The van der Waals surface area contributed by atoms with Gasteiger partial charge < -0.3 is 20.7 Å². The number of aldehydes is 1. The standard InChI is InChI=1S/C26H33N3O4/c1-4-11-21(25(32)29-23(17-30)18(2)3)27-26(33)22(16-19-12-7-5-8-13-19)28-24(31)20-14-9-6-10-15-20/h5-10,12-15,17-18,21-23H,4,11,16H2,1-3H3,(H,27,33)(H,28,31)(H,29,32). The second-order valence-corrected chi connectivity index (χ2v) is 8.35. The molecular weight excluding hydrogens is 418 g/mol. The molecule has 0 saturated carbocycles. The SMILES string of the molecule is CCCC(NC(=O)C(Cc1ccccc1)NC(=O)c1ccccc1)C(=O)NC(C=O)C(C)C. The molecule has 3 amide bonds. The molecule has 2 aromatic carbocycles. The molecule has 0 heterocycles. The van der Waals surface area contributed by atoms with Crippen molar-refractivity contribution in [2.45, 2.75) is 58.2 Å². The van der Waals surface area contributed by atoms with Gasteiger partial charge in [-0.1, -0.05) is 75.7 Å². The lowest BCUT2D eigenvalue weighted by molar-refractivity contribution is -0.131. The molecule has 0 aliphatic heterocycles. The van der Waals surface area contributed by atoms with Gasteiger partial charge in [0.2, 0.25) is 11.8 Å². The van der Waals surface area contributed by atoms with Gasteiger partial charge in [0.25, 0.3) is 5.91 Å². The maximum Gasteiger partial charge on any atom is 0.251 e. The van der Waals surface area contributed by atoms with E-state index in [1.54, 1.807) is 24.3 Å². The van der Waals surface area contributed by atoms with E-state index in [-0.39, 0.29) is 18.2 Å². The highest BCUT2D eigenvalue weighted by atomic mass is 16.2. The molecule has 2 rings (SSSR count). The van der Waals surface area contributed by atoms with Gasteiger partial charge in [0.05, 0.1) is 6.04 Å². The van der Waals surface area contributed by atoms with Gasteiger partial charge in [-0.25, -0.2) is 0 Å². The van der Waals surface area contributed by atoms with Crippen molar-refractivity contribution in [2.75, 3.05) is 0 Å². The summed E-state index contributed by atoms with van der Waals surface area (Å²) in [6, 6.07) is 15.7. The zero-order valence-electron chi connectivity index (χ0n) is 19.4. The fourth-order valence-electron chi connectivity index (χ4n) is 3.34. The molecule has 33 heavy (non-hydrogen) atoms. The van der Waals surface area contributed by atoms with Crippen LogP contribution in [-0.4, -0.2) is 42.1 Å². The summed E-state index contributed by atoms with van der Waals surface area (Å²) in [6.45, 7) is 5.58. The minimum atomic E-state index is -0.876. The molecule has 0 fully saturated rings.